The fourth-order valence-corrected chi connectivity index (χ4v) is 2.67. The van der Waals surface area contributed by atoms with E-state index in [2.05, 4.69) is 4.98 Å². The van der Waals surface area contributed by atoms with Gasteiger partial charge in [0.05, 0.1) is 23.0 Å². The summed E-state index contributed by atoms with van der Waals surface area (Å²) < 4.78 is 27.8. The molecular weight excluding hydrogens is 338 g/mol. The highest BCUT2D eigenvalue weighted by Gasteiger charge is 2.10. The summed E-state index contributed by atoms with van der Waals surface area (Å²) >= 11 is 5.11. The lowest BCUT2D eigenvalue weighted by Gasteiger charge is -2.09. The summed E-state index contributed by atoms with van der Waals surface area (Å²) in [6.07, 6.45) is 0. The Morgan fingerprint density at radius 3 is 2.46 bits per heavy atom. The molecule has 0 bridgehead atoms. The van der Waals surface area contributed by atoms with Gasteiger partial charge in [0.2, 0.25) is 0 Å². The zero-order valence-electron chi connectivity index (χ0n) is 12.0. The monoisotopic (exact) mass is 348 g/mol. The highest BCUT2D eigenvalue weighted by Crippen LogP contribution is 2.13. The molecule has 3 rings (SSSR count). The molecule has 0 aliphatic rings. The molecular formula is C16H10F2N2O3S. The lowest BCUT2D eigenvalue weighted by molar-refractivity contribution is 0.0697. The Labute approximate surface area is 138 Å². The van der Waals surface area contributed by atoms with Crippen molar-refractivity contribution in [1.29, 1.82) is 0 Å². The van der Waals surface area contributed by atoms with Crippen LogP contribution in [-0.4, -0.2) is 20.6 Å². The van der Waals surface area contributed by atoms with Crippen LogP contribution < -0.4 is 5.56 Å². The number of nitrogens with zero attached hydrogens (tertiary/aromatic N) is 1. The Bertz CT molecular complexity index is 1070. The van der Waals surface area contributed by atoms with Crippen molar-refractivity contribution in [3.8, 4) is 0 Å². The number of H-pyrrole nitrogens is 1. The number of halogens is 2. The quantitative estimate of drug-likeness (QED) is 0.713. The third-order valence-corrected chi connectivity index (χ3v) is 3.81. The van der Waals surface area contributed by atoms with E-state index in [1.54, 1.807) is 0 Å². The number of fused-ring (bicyclic) bond motifs is 1. The number of aromatic nitrogens is 2. The van der Waals surface area contributed by atoms with Gasteiger partial charge < -0.3 is 10.1 Å². The van der Waals surface area contributed by atoms with Gasteiger partial charge in [-0.1, -0.05) is 0 Å². The van der Waals surface area contributed by atoms with Crippen molar-refractivity contribution < 1.29 is 18.7 Å². The van der Waals surface area contributed by atoms with E-state index >= 15 is 0 Å². The second-order valence-electron chi connectivity index (χ2n) is 5.16. The number of aromatic carboxylic acids is 1. The smallest absolute Gasteiger partial charge is 0.335 e. The molecule has 0 radical (unpaired) electrons. The van der Waals surface area contributed by atoms with Crippen LogP contribution in [-0.2, 0) is 6.54 Å². The average Bonchev–Trinajstić information content (AvgIpc) is 2.50. The lowest BCUT2D eigenvalue weighted by atomic mass is 10.1. The SMILES string of the molecule is O=C(O)c1ccc2c(=O)n(Cc3cc(F)cc(F)c3)c(=S)[nH]c2c1. The van der Waals surface area contributed by atoms with Gasteiger partial charge in [0.15, 0.2) is 4.77 Å². The van der Waals surface area contributed by atoms with Crippen LogP contribution in [0.25, 0.3) is 10.9 Å². The van der Waals surface area contributed by atoms with Crippen molar-refractivity contribution in [3.05, 3.63) is 74.3 Å². The van der Waals surface area contributed by atoms with E-state index in [0.29, 0.717) is 0 Å². The zero-order chi connectivity index (χ0) is 17.4. The highest BCUT2D eigenvalue weighted by molar-refractivity contribution is 7.71. The van der Waals surface area contributed by atoms with Crippen LogP contribution in [0.3, 0.4) is 0 Å². The lowest BCUT2D eigenvalue weighted by Crippen LogP contribution is -2.23. The number of aromatic amines is 1. The van der Waals surface area contributed by atoms with Gasteiger partial charge in [-0.05, 0) is 48.1 Å². The van der Waals surface area contributed by atoms with Crippen LogP contribution in [0.15, 0.2) is 41.2 Å². The van der Waals surface area contributed by atoms with Gasteiger partial charge in [-0.15, -0.1) is 0 Å². The first-order valence-electron chi connectivity index (χ1n) is 6.80. The number of hydrogen-bond acceptors (Lipinski definition) is 3. The van der Waals surface area contributed by atoms with E-state index < -0.39 is 23.2 Å². The van der Waals surface area contributed by atoms with Crippen LogP contribution in [0.5, 0.6) is 0 Å². The van der Waals surface area contributed by atoms with Gasteiger partial charge in [0.25, 0.3) is 5.56 Å². The van der Waals surface area contributed by atoms with Crippen molar-refractivity contribution in [2.24, 2.45) is 0 Å². The zero-order valence-corrected chi connectivity index (χ0v) is 12.9. The minimum absolute atomic E-state index is 0.0116. The Hall–Kier alpha value is -2.87. The molecule has 0 unspecified atom stereocenters. The number of nitrogens with one attached hydrogen (secondary N) is 1. The minimum Gasteiger partial charge on any atom is -0.478 e. The van der Waals surface area contributed by atoms with Crippen LogP contribution in [0.2, 0.25) is 0 Å². The normalized spacial score (nSPS) is 10.9. The van der Waals surface area contributed by atoms with Gasteiger partial charge in [-0.25, -0.2) is 13.6 Å². The molecule has 8 heteroatoms. The Morgan fingerprint density at radius 2 is 1.83 bits per heavy atom. The second-order valence-corrected chi connectivity index (χ2v) is 5.55. The predicted molar refractivity (Wildman–Crippen MR) is 85.8 cm³/mol. The number of carbonyl (C=O) groups is 1. The standard InChI is InChI=1S/C16H10F2N2O3S/c17-10-3-8(4-11(18)6-10)7-20-14(21)12-2-1-9(15(22)23)5-13(12)19-16(20)24/h1-6H,7H2,(H,19,24)(H,22,23). The molecule has 0 fully saturated rings. The third kappa shape index (κ3) is 2.95. The number of hydrogen-bond donors (Lipinski definition) is 2. The van der Waals surface area contributed by atoms with Gasteiger partial charge in [0.1, 0.15) is 11.6 Å². The molecule has 2 N–H and O–H groups in total. The molecule has 1 aromatic heterocycles. The number of rotatable bonds is 3. The van der Waals surface area contributed by atoms with Crippen molar-refractivity contribution >= 4 is 29.1 Å². The summed E-state index contributed by atoms with van der Waals surface area (Å²) in [4.78, 5) is 26.3. The fourth-order valence-electron chi connectivity index (χ4n) is 2.42. The number of carboxylic acid groups (broad SMARTS) is 1. The maximum Gasteiger partial charge on any atom is 0.335 e. The topological polar surface area (TPSA) is 75.1 Å². The third-order valence-electron chi connectivity index (χ3n) is 3.49. The first kappa shape index (κ1) is 16.0. The van der Waals surface area contributed by atoms with Crippen LogP contribution in [0.1, 0.15) is 15.9 Å². The van der Waals surface area contributed by atoms with Crippen LogP contribution in [0, 0.1) is 16.4 Å². The molecule has 0 aliphatic carbocycles. The van der Waals surface area contributed by atoms with Crippen molar-refractivity contribution in [2.45, 2.75) is 6.54 Å². The van der Waals surface area contributed by atoms with Crippen LogP contribution >= 0.6 is 12.2 Å². The number of benzene rings is 2. The Balaban J connectivity index is 2.15. The van der Waals surface area contributed by atoms with Gasteiger partial charge in [-0.3, -0.25) is 9.36 Å². The molecule has 0 atom stereocenters. The Kier molecular flexibility index (Phi) is 3.98. The molecule has 2 aromatic carbocycles. The van der Waals surface area contributed by atoms with E-state index in [1.807, 2.05) is 0 Å². The summed E-state index contributed by atoms with van der Waals surface area (Å²) in [5, 5.41) is 9.22. The molecule has 0 aliphatic heterocycles. The van der Waals surface area contributed by atoms with Crippen molar-refractivity contribution in [1.82, 2.24) is 9.55 Å². The van der Waals surface area contributed by atoms with E-state index in [-0.39, 0.29) is 33.3 Å². The fraction of sp³-hybridized carbons (Fsp3) is 0.0625. The molecule has 122 valence electrons. The molecule has 24 heavy (non-hydrogen) atoms. The van der Waals surface area contributed by atoms with E-state index in [9.17, 15) is 18.4 Å². The summed E-state index contributed by atoms with van der Waals surface area (Å²) in [5.41, 5.74) is 0.0649. The average molecular weight is 348 g/mol. The molecule has 1 heterocycles. The van der Waals surface area contributed by atoms with Crippen molar-refractivity contribution in [3.63, 3.8) is 0 Å². The first-order chi connectivity index (χ1) is 11.3. The summed E-state index contributed by atoms with van der Waals surface area (Å²) in [6, 6.07) is 6.94. The first-order valence-corrected chi connectivity index (χ1v) is 7.21. The predicted octanol–water partition coefficient (Wildman–Crippen LogP) is 3.08. The second kappa shape index (κ2) is 5.97. The molecule has 0 amide bonds. The van der Waals surface area contributed by atoms with E-state index in [4.69, 9.17) is 17.3 Å². The van der Waals surface area contributed by atoms with Crippen molar-refractivity contribution in [2.75, 3.05) is 0 Å². The molecule has 0 saturated heterocycles. The molecule has 0 saturated carbocycles. The molecule has 3 aromatic rings. The molecule has 0 spiro atoms. The van der Waals surface area contributed by atoms with E-state index in [1.165, 1.54) is 18.2 Å². The maximum absolute atomic E-state index is 13.3. The van der Waals surface area contributed by atoms with Gasteiger partial charge in [0, 0.05) is 6.07 Å². The minimum atomic E-state index is -1.13. The Morgan fingerprint density at radius 1 is 1.17 bits per heavy atom. The summed E-state index contributed by atoms with van der Waals surface area (Å²) in [5.74, 6) is -2.63. The number of carboxylic acids is 1. The van der Waals surface area contributed by atoms with E-state index in [0.717, 1.165) is 22.8 Å². The largest absolute Gasteiger partial charge is 0.478 e. The maximum atomic E-state index is 13.3. The van der Waals surface area contributed by atoms with Gasteiger partial charge >= 0.3 is 5.97 Å². The summed E-state index contributed by atoms with van der Waals surface area (Å²) in [7, 11) is 0. The molecule has 5 nitrogen and oxygen atoms in total. The van der Waals surface area contributed by atoms with Gasteiger partial charge in [-0.2, -0.15) is 0 Å². The summed E-state index contributed by atoms with van der Waals surface area (Å²) in [6.45, 7) is -0.112. The van der Waals surface area contributed by atoms with Crippen LogP contribution in [0.4, 0.5) is 8.78 Å². The highest BCUT2D eigenvalue weighted by atomic mass is 32.1.